The lowest BCUT2D eigenvalue weighted by Crippen LogP contribution is -2.31. The molecule has 0 aliphatic carbocycles. The van der Waals surface area contributed by atoms with Gasteiger partial charge in [0.15, 0.2) is 0 Å². The number of benzene rings is 1. The van der Waals surface area contributed by atoms with Crippen LogP contribution in [0.1, 0.15) is 25.0 Å². The van der Waals surface area contributed by atoms with Crippen LogP contribution in [0, 0.1) is 0 Å². The van der Waals surface area contributed by atoms with E-state index < -0.39 is 6.10 Å². The maximum absolute atomic E-state index is 9.50. The number of hydrogen-bond donors (Lipinski definition) is 1. The van der Waals surface area contributed by atoms with Crippen molar-refractivity contribution in [2.24, 2.45) is 0 Å². The van der Waals surface area contributed by atoms with E-state index in [0.29, 0.717) is 11.1 Å². The largest absolute Gasteiger partial charge is 0.389 e. The van der Waals surface area contributed by atoms with Gasteiger partial charge in [-0.25, -0.2) is 0 Å². The number of likely N-dealkylation sites (N-methyl/N-ethyl adjacent to an activating group) is 1. The molecule has 1 fully saturated rings. The second-order valence-corrected chi connectivity index (χ2v) is 4.92. The average Bonchev–Trinajstić information content (AvgIpc) is 2.81. The molecule has 1 aliphatic heterocycles. The molecule has 0 saturated carbocycles. The zero-order valence-electron chi connectivity index (χ0n) is 10.2. The first-order valence-electron chi connectivity index (χ1n) is 5.87. The van der Waals surface area contributed by atoms with Gasteiger partial charge in [-0.05, 0) is 31.0 Å². The summed E-state index contributed by atoms with van der Waals surface area (Å²) in [4.78, 5) is 2.15. The number of anilines is 1. The summed E-state index contributed by atoms with van der Waals surface area (Å²) in [5, 5.41) is 10.2. The van der Waals surface area contributed by atoms with Crippen molar-refractivity contribution < 1.29 is 9.84 Å². The highest BCUT2D eigenvalue weighted by atomic mass is 35.5. The molecule has 1 aliphatic rings. The number of aliphatic hydroxyl groups excluding tert-OH is 1. The third kappa shape index (κ3) is 2.73. The van der Waals surface area contributed by atoms with Crippen LogP contribution in [-0.4, -0.2) is 31.4 Å². The van der Waals surface area contributed by atoms with Crippen molar-refractivity contribution in [3.05, 3.63) is 28.8 Å². The van der Waals surface area contributed by atoms with Crippen LogP contribution in [0.3, 0.4) is 0 Å². The summed E-state index contributed by atoms with van der Waals surface area (Å²) in [5.74, 6) is 0. The summed E-state index contributed by atoms with van der Waals surface area (Å²) < 4.78 is 5.38. The monoisotopic (exact) mass is 255 g/mol. The third-order valence-corrected chi connectivity index (χ3v) is 3.59. The molecule has 0 spiro atoms. The molecule has 1 N–H and O–H groups in total. The van der Waals surface area contributed by atoms with Crippen LogP contribution in [0.25, 0.3) is 0 Å². The molecule has 17 heavy (non-hydrogen) atoms. The van der Waals surface area contributed by atoms with Crippen LogP contribution in [0.5, 0.6) is 0 Å². The van der Waals surface area contributed by atoms with E-state index in [-0.39, 0.29) is 0 Å². The van der Waals surface area contributed by atoms with E-state index in [1.807, 2.05) is 25.2 Å². The molecular weight excluding hydrogens is 238 g/mol. The van der Waals surface area contributed by atoms with Gasteiger partial charge in [0.1, 0.15) is 0 Å². The molecule has 0 aromatic heterocycles. The Kier molecular flexibility index (Phi) is 3.92. The molecule has 1 aromatic rings. The third-order valence-electron chi connectivity index (χ3n) is 3.29. The fourth-order valence-electron chi connectivity index (χ4n) is 2.09. The van der Waals surface area contributed by atoms with Gasteiger partial charge < -0.3 is 14.7 Å². The van der Waals surface area contributed by atoms with Crippen molar-refractivity contribution in [1.29, 1.82) is 0 Å². The summed E-state index contributed by atoms with van der Waals surface area (Å²) in [6.07, 6.45) is 0.548. The Balaban J connectivity index is 2.20. The summed E-state index contributed by atoms with van der Waals surface area (Å²) in [6.45, 7) is 3.31. The van der Waals surface area contributed by atoms with Crippen molar-refractivity contribution in [3.8, 4) is 0 Å². The number of nitrogens with zero attached hydrogens (tertiary/aromatic N) is 1. The predicted molar refractivity (Wildman–Crippen MR) is 69.7 cm³/mol. The van der Waals surface area contributed by atoms with E-state index in [9.17, 15) is 5.11 Å². The average molecular weight is 256 g/mol. The Morgan fingerprint density at radius 2 is 2.29 bits per heavy atom. The zero-order valence-corrected chi connectivity index (χ0v) is 10.9. The molecule has 1 aromatic carbocycles. The lowest BCUT2D eigenvalue weighted by atomic mass is 10.1. The zero-order chi connectivity index (χ0) is 12.4. The maximum atomic E-state index is 9.50. The van der Waals surface area contributed by atoms with Crippen LogP contribution in [0.15, 0.2) is 18.2 Å². The summed E-state index contributed by atoms with van der Waals surface area (Å²) in [7, 11) is 2.03. The van der Waals surface area contributed by atoms with E-state index in [4.69, 9.17) is 16.3 Å². The standard InChI is InChI=1S/C13H18ClNO2/c1-9(16)10-3-4-13(12(14)7-10)15(2)11-5-6-17-8-11/h3-4,7,9,11,16H,5-6,8H2,1-2H3/t9-,11?/m1/s1. The van der Waals surface area contributed by atoms with Gasteiger partial charge in [-0.1, -0.05) is 17.7 Å². The normalized spacial score (nSPS) is 21.5. The Morgan fingerprint density at radius 3 is 2.82 bits per heavy atom. The van der Waals surface area contributed by atoms with Crippen molar-refractivity contribution in [2.45, 2.75) is 25.5 Å². The highest BCUT2D eigenvalue weighted by Gasteiger charge is 2.22. The molecule has 0 bridgehead atoms. The molecule has 1 unspecified atom stereocenters. The number of ether oxygens (including phenoxy) is 1. The van der Waals surface area contributed by atoms with Crippen LogP contribution < -0.4 is 4.90 Å². The van der Waals surface area contributed by atoms with E-state index in [1.54, 1.807) is 6.92 Å². The highest BCUT2D eigenvalue weighted by molar-refractivity contribution is 6.33. The molecule has 2 rings (SSSR count). The first-order chi connectivity index (χ1) is 8.09. The highest BCUT2D eigenvalue weighted by Crippen LogP contribution is 2.30. The minimum Gasteiger partial charge on any atom is -0.389 e. The molecule has 1 heterocycles. The molecule has 0 amide bonds. The summed E-state index contributed by atoms with van der Waals surface area (Å²) in [6, 6.07) is 6.10. The number of aliphatic hydroxyl groups is 1. The fraction of sp³-hybridized carbons (Fsp3) is 0.538. The number of rotatable bonds is 3. The molecule has 3 nitrogen and oxygen atoms in total. The van der Waals surface area contributed by atoms with Crippen molar-refractivity contribution in [3.63, 3.8) is 0 Å². The van der Waals surface area contributed by atoms with Crippen molar-refractivity contribution >= 4 is 17.3 Å². The minimum atomic E-state index is -0.485. The van der Waals surface area contributed by atoms with E-state index >= 15 is 0 Å². The van der Waals surface area contributed by atoms with Gasteiger partial charge in [0.2, 0.25) is 0 Å². The van der Waals surface area contributed by atoms with Crippen molar-refractivity contribution in [1.82, 2.24) is 0 Å². The lowest BCUT2D eigenvalue weighted by molar-refractivity contribution is 0.193. The predicted octanol–water partition coefficient (Wildman–Crippen LogP) is 2.62. The molecule has 1 saturated heterocycles. The van der Waals surface area contributed by atoms with E-state index in [2.05, 4.69) is 4.90 Å². The molecule has 94 valence electrons. The number of halogens is 1. The Bertz CT molecular complexity index is 389. The first kappa shape index (κ1) is 12.7. The second-order valence-electron chi connectivity index (χ2n) is 4.52. The van der Waals surface area contributed by atoms with Crippen LogP contribution >= 0.6 is 11.6 Å². The summed E-state index contributed by atoms with van der Waals surface area (Å²) in [5.41, 5.74) is 1.83. The van der Waals surface area contributed by atoms with Crippen LogP contribution in [0.4, 0.5) is 5.69 Å². The lowest BCUT2D eigenvalue weighted by Gasteiger charge is -2.26. The quantitative estimate of drug-likeness (QED) is 0.901. The minimum absolute atomic E-state index is 0.393. The molecule has 4 heteroatoms. The van der Waals surface area contributed by atoms with Gasteiger partial charge in [0.05, 0.1) is 29.5 Å². The second kappa shape index (κ2) is 5.25. The Morgan fingerprint density at radius 1 is 1.53 bits per heavy atom. The van der Waals surface area contributed by atoms with Gasteiger partial charge in [-0.2, -0.15) is 0 Å². The smallest absolute Gasteiger partial charge is 0.0762 e. The number of hydrogen-bond acceptors (Lipinski definition) is 3. The molecule has 0 radical (unpaired) electrons. The van der Waals surface area contributed by atoms with Gasteiger partial charge >= 0.3 is 0 Å². The van der Waals surface area contributed by atoms with Crippen LogP contribution in [-0.2, 0) is 4.74 Å². The molecule has 2 atom stereocenters. The Labute approximate surface area is 107 Å². The maximum Gasteiger partial charge on any atom is 0.0762 e. The summed E-state index contributed by atoms with van der Waals surface area (Å²) >= 11 is 6.25. The SMILES string of the molecule is C[C@@H](O)c1ccc(N(C)C2CCOC2)c(Cl)c1. The van der Waals surface area contributed by atoms with Gasteiger partial charge in [0, 0.05) is 13.7 Å². The topological polar surface area (TPSA) is 32.7 Å². The molecular formula is C13H18ClNO2. The van der Waals surface area contributed by atoms with Gasteiger partial charge in [-0.3, -0.25) is 0 Å². The van der Waals surface area contributed by atoms with Gasteiger partial charge in [-0.15, -0.1) is 0 Å². The van der Waals surface area contributed by atoms with E-state index in [0.717, 1.165) is 30.9 Å². The fourth-order valence-corrected chi connectivity index (χ4v) is 2.42. The van der Waals surface area contributed by atoms with E-state index in [1.165, 1.54) is 0 Å². The van der Waals surface area contributed by atoms with Gasteiger partial charge in [0.25, 0.3) is 0 Å². The first-order valence-corrected chi connectivity index (χ1v) is 6.25. The van der Waals surface area contributed by atoms with Crippen LogP contribution in [0.2, 0.25) is 5.02 Å². The Hall–Kier alpha value is -0.770. The van der Waals surface area contributed by atoms with Crippen molar-refractivity contribution in [2.75, 3.05) is 25.2 Å².